The van der Waals surface area contributed by atoms with Crippen molar-refractivity contribution in [1.82, 2.24) is 0 Å². The summed E-state index contributed by atoms with van der Waals surface area (Å²) in [7, 11) is 0. The minimum absolute atomic E-state index is 0.0897. The lowest BCUT2D eigenvalue weighted by Crippen LogP contribution is -2.08. The number of hydrogen-bond acceptors (Lipinski definition) is 3. The number of hydrogen-bond donors (Lipinski definition) is 1. The van der Waals surface area contributed by atoms with Gasteiger partial charge >= 0.3 is 0 Å². The van der Waals surface area contributed by atoms with E-state index in [2.05, 4.69) is 0 Å². The van der Waals surface area contributed by atoms with Crippen molar-refractivity contribution in [3.8, 4) is 0 Å². The Morgan fingerprint density at radius 2 is 2.12 bits per heavy atom. The third-order valence-corrected chi connectivity index (χ3v) is 2.98. The van der Waals surface area contributed by atoms with Gasteiger partial charge in [0.2, 0.25) is 0 Å². The maximum Gasteiger partial charge on any atom is 0.197 e. The zero-order chi connectivity index (χ0) is 12.3. The van der Waals surface area contributed by atoms with Gasteiger partial charge in [-0.3, -0.25) is 4.79 Å². The summed E-state index contributed by atoms with van der Waals surface area (Å²) in [6, 6.07) is 7.66. The monoisotopic (exact) mass is 231 g/mol. The number of benzene rings is 1. The van der Waals surface area contributed by atoms with Gasteiger partial charge in [-0.2, -0.15) is 0 Å². The Morgan fingerprint density at radius 1 is 1.41 bits per heavy atom. The molecule has 0 radical (unpaired) electrons. The predicted molar refractivity (Wildman–Crippen MR) is 67.5 cm³/mol. The molecule has 3 heteroatoms. The van der Waals surface area contributed by atoms with E-state index in [4.69, 9.17) is 10.5 Å². The van der Waals surface area contributed by atoms with E-state index in [1.807, 2.05) is 37.3 Å². The van der Waals surface area contributed by atoms with Gasteiger partial charge in [-0.1, -0.05) is 19.1 Å². The lowest BCUT2D eigenvalue weighted by atomic mass is 9.95. The first kappa shape index (κ1) is 11.7. The molecule has 0 fully saturated rings. The van der Waals surface area contributed by atoms with Crippen LogP contribution in [-0.4, -0.2) is 12.4 Å². The van der Waals surface area contributed by atoms with Crippen LogP contribution in [0.25, 0.3) is 0 Å². The highest BCUT2D eigenvalue weighted by molar-refractivity contribution is 5.94. The molecule has 0 aromatic heterocycles. The van der Waals surface area contributed by atoms with E-state index in [1.165, 1.54) is 0 Å². The molecule has 17 heavy (non-hydrogen) atoms. The second-order valence-electron chi connectivity index (χ2n) is 4.40. The van der Waals surface area contributed by atoms with E-state index in [0.717, 1.165) is 17.7 Å². The van der Waals surface area contributed by atoms with Crippen LogP contribution in [0, 0.1) is 0 Å². The summed E-state index contributed by atoms with van der Waals surface area (Å²) in [5.41, 5.74) is 7.51. The minimum atomic E-state index is 0.0897. The van der Waals surface area contributed by atoms with Gasteiger partial charge in [0.1, 0.15) is 0 Å². The van der Waals surface area contributed by atoms with Gasteiger partial charge in [-0.15, -0.1) is 0 Å². The molecule has 1 aromatic rings. The molecule has 1 heterocycles. The quantitative estimate of drug-likeness (QED) is 0.810. The van der Waals surface area contributed by atoms with Crippen molar-refractivity contribution in [3.63, 3.8) is 0 Å². The predicted octanol–water partition coefficient (Wildman–Crippen LogP) is 2.64. The van der Waals surface area contributed by atoms with E-state index in [1.54, 1.807) is 0 Å². The number of ketones is 1. The number of carbonyl (C=O) groups excluding carboxylic acids is 1. The van der Waals surface area contributed by atoms with Crippen LogP contribution >= 0.6 is 0 Å². The Labute approximate surface area is 101 Å². The largest absolute Gasteiger partial charge is 0.490 e. The molecule has 0 spiro atoms. The Morgan fingerprint density at radius 3 is 2.71 bits per heavy atom. The molecule has 3 nitrogen and oxygen atoms in total. The van der Waals surface area contributed by atoms with Crippen LogP contribution in [-0.2, 0) is 9.53 Å². The van der Waals surface area contributed by atoms with Crippen molar-refractivity contribution in [3.05, 3.63) is 41.7 Å². The van der Waals surface area contributed by atoms with E-state index in [0.29, 0.717) is 18.8 Å². The van der Waals surface area contributed by atoms with E-state index < -0.39 is 0 Å². The van der Waals surface area contributed by atoms with Crippen LogP contribution in [0.4, 0.5) is 5.69 Å². The van der Waals surface area contributed by atoms with E-state index in [-0.39, 0.29) is 11.7 Å². The molecule has 0 saturated carbocycles. The van der Waals surface area contributed by atoms with Crippen LogP contribution in [0.2, 0.25) is 0 Å². The number of Topliss-reactive ketones (excluding diaryl/α,β-unsaturated/α-hetero) is 1. The molecule has 1 atom stereocenters. The molecule has 90 valence electrons. The molecule has 0 bridgehead atoms. The molecule has 1 aliphatic rings. The highest BCUT2D eigenvalue weighted by Crippen LogP contribution is 2.23. The van der Waals surface area contributed by atoms with Crippen LogP contribution < -0.4 is 5.73 Å². The van der Waals surface area contributed by atoms with Crippen molar-refractivity contribution < 1.29 is 9.53 Å². The molecule has 0 aliphatic carbocycles. The molecule has 2 rings (SSSR count). The average Bonchev–Trinajstić information content (AvgIpc) is 2.83. The molecule has 0 amide bonds. The number of carbonyl (C=O) groups is 1. The summed E-state index contributed by atoms with van der Waals surface area (Å²) in [6.07, 6.45) is 3.20. The maximum absolute atomic E-state index is 11.9. The van der Waals surface area contributed by atoms with Crippen LogP contribution in [0.1, 0.15) is 31.2 Å². The summed E-state index contributed by atoms with van der Waals surface area (Å²) in [5, 5.41) is 0. The zero-order valence-electron chi connectivity index (χ0n) is 9.98. The number of anilines is 1. The average molecular weight is 231 g/mol. The maximum atomic E-state index is 11.9. The van der Waals surface area contributed by atoms with Gasteiger partial charge < -0.3 is 10.5 Å². The van der Waals surface area contributed by atoms with Crippen LogP contribution in [0.3, 0.4) is 0 Å². The molecule has 0 saturated heterocycles. The molecule has 2 N–H and O–H groups in total. The first-order valence-corrected chi connectivity index (χ1v) is 5.88. The highest BCUT2D eigenvalue weighted by Gasteiger charge is 2.18. The molecular formula is C14H17NO2. The van der Waals surface area contributed by atoms with Gasteiger partial charge in [0, 0.05) is 18.5 Å². The smallest absolute Gasteiger partial charge is 0.197 e. The highest BCUT2D eigenvalue weighted by atomic mass is 16.5. The summed E-state index contributed by atoms with van der Waals surface area (Å²) in [4.78, 5) is 11.9. The number of nitrogen functional groups attached to an aromatic ring is 1. The van der Waals surface area contributed by atoms with Crippen molar-refractivity contribution >= 4 is 11.5 Å². The Bertz CT molecular complexity index is 434. The number of allylic oxidation sites excluding steroid dienone is 1. The number of rotatable bonds is 4. The first-order valence-electron chi connectivity index (χ1n) is 5.88. The van der Waals surface area contributed by atoms with Gasteiger partial charge in [-0.05, 0) is 29.7 Å². The first-order chi connectivity index (χ1) is 8.16. The molecular weight excluding hydrogens is 214 g/mol. The second kappa shape index (κ2) is 5.04. The third kappa shape index (κ3) is 2.87. The van der Waals surface area contributed by atoms with Crippen LogP contribution in [0.5, 0.6) is 0 Å². The Kier molecular flexibility index (Phi) is 3.47. The summed E-state index contributed by atoms with van der Waals surface area (Å²) >= 11 is 0. The Hall–Kier alpha value is -1.77. The molecule has 1 unspecified atom stereocenters. The zero-order valence-corrected chi connectivity index (χ0v) is 9.98. The fourth-order valence-electron chi connectivity index (χ4n) is 1.93. The number of ether oxygens (including phenoxy) is 1. The second-order valence-corrected chi connectivity index (χ2v) is 4.40. The number of nitrogens with two attached hydrogens (primary N) is 1. The van der Waals surface area contributed by atoms with E-state index >= 15 is 0 Å². The SMILES string of the molecule is CC(CC(=O)C1=CCCO1)c1ccc(N)cc1. The van der Waals surface area contributed by atoms with Gasteiger partial charge in [0.05, 0.1) is 6.61 Å². The summed E-state index contributed by atoms with van der Waals surface area (Å²) in [6.45, 7) is 2.68. The molecule has 1 aromatic carbocycles. The van der Waals surface area contributed by atoms with Crippen molar-refractivity contribution in [2.45, 2.75) is 25.7 Å². The van der Waals surface area contributed by atoms with Gasteiger partial charge in [0.25, 0.3) is 0 Å². The lowest BCUT2D eigenvalue weighted by Gasteiger charge is -2.11. The van der Waals surface area contributed by atoms with Crippen molar-refractivity contribution in [2.24, 2.45) is 0 Å². The van der Waals surface area contributed by atoms with E-state index in [9.17, 15) is 4.79 Å². The van der Waals surface area contributed by atoms with Crippen molar-refractivity contribution in [2.75, 3.05) is 12.3 Å². The standard InChI is InChI=1S/C14H17NO2/c1-10(11-4-6-12(15)7-5-11)9-13(16)14-3-2-8-17-14/h3-7,10H,2,8-9,15H2,1H3. The normalized spacial score (nSPS) is 16.2. The van der Waals surface area contributed by atoms with Crippen LogP contribution in [0.15, 0.2) is 36.1 Å². The molecule has 1 aliphatic heterocycles. The topological polar surface area (TPSA) is 52.3 Å². The fraction of sp³-hybridized carbons (Fsp3) is 0.357. The lowest BCUT2D eigenvalue weighted by molar-refractivity contribution is -0.118. The third-order valence-electron chi connectivity index (χ3n) is 2.98. The fourth-order valence-corrected chi connectivity index (χ4v) is 1.93. The Balaban J connectivity index is 1.98. The summed E-state index contributed by atoms with van der Waals surface area (Å²) < 4.78 is 5.26. The summed E-state index contributed by atoms with van der Waals surface area (Å²) in [5.74, 6) is 0.812. The van der Waals surface area contributed by atoms with Gasteiger partial charge in [-0.25, -0.2) is 0 Å². The van der Waals surface area contributed by atoms with Crippen molar-refractivity contribution in [1.29, 1.82) is 0 Å². The minimum Gasteiger partial charge on any atom is -0.490 e. The van der Waals surface area contributed by atoms with Gasteiger partial charge in [0.15, 0.2) is 11.5 Å².